The summed E-state index contributed by atoms with van der Waals surface area (Å²) in [6.07, 6.45) is 1.50. The SMILES string of the molecule is CNC(=O)c1ccc(C(CC(=O)O)C(C)(C)C)nc1. The van der Waals surface area contributed by atoms with Gasteiger partial charge >= 0.3 is 5.97 Å². The predicted molar refractivity (Wildman–Crippen MR) is 72.1 cm³/mol. The summed E-state index contributed by atoms with van der Waals surface area (Å²) < 4.78 is 0. The highest BCUT2D eigenvalue weighted by Crippen LogP contribution is 2.36. The molecule has 0 fully saturated rings. The molecule has 1 atom stereocenters. The number of carbonyl (C=O) groups excluding carboxylic acids is 1. The molecule has 0 aromatic carbocycles. The first kappa shape index (κ1) is 15.1. The fourth-order valence-electron chi connectivity index (χ4n) is 1.92. The third kappa shape index (κ3) is 4.05. The topological polar surface area (TPSA) is 79.3 Å². The summed E-state index contributed by atoms with van der Waals surface area (Å²) in [5.74, 6) is -1.24. The van der Waals surface area contributed by atoms with Crippen LogP contribution in [0.4, 0.5) is 0 Å². The van der Waals surface area contributed by atoms with E-state index in [1.54, 1.807) is 19.2 Å². The maximum Gasteiger partial charge on any atom is 0.304 e. The summed E-state index contributed by atoms with van der Waals surface area (Å²) in [6.45, 7) is 5.94. The second-order valence-corrected chi connectivity index (χ2v) is 5.57. The fraction of sp³-hybridized carbons (Fsp3) is 0.500. The smallest absolute Gasteiger partial charge is 0.304 e. The van der Waals surface area contributed by atoms with E-state index >= 15 is 0 Å². The Bertz CT molecular complexity index is 461. The molecule has 0 aliphatic carbocycles. The average molecular weight is 264 g/mol. The number of hydrogen-bond donors (Lipinski definition) is 2. The van der Waals surface area contributed by atoms with E-state index < -0.39 is 5.97 Å². The summed E-state index contributed by atoms with van der Waals surface area (Å²) in [5, 5.41) is 11.5. The Kier molecular flexibility index (Phi) is 4.64. The van der Waals surface area contributed by atoms with Crippen LogP contribution in [0.3, 0.4) is 0 Å². The van der Waals surface area contributed by atoms with Crippen molar-refractivity contribution in [3.63, 3.8) is 0 Å². The number of pyridine rings is 1. The number of aromatic nitrogens is 1. The number of nitrogens with zero attached hydrogens (tertiary/aromatic N) is 1. The average Bonchev–Trinajstić information content (AvgIpc) is 2.34. The Morgan fingerprint density at radius 3 is 2.37 bits per heavy atom. The van der Waals surface area contributed by atoms with Crippen molar-refractivity contribution in [2.45, 2.75) is 33.1 Å². The number of aliphatic carboxylic acids is 1. The Hall–Kier alpha value is -1.91. The van der Waals surface area contributed by atoms with E-state index in [1.165, 1.54) is 6.20 Å². The number of carboxylic acid groups (broad SMARTS) is 1. The molecule has 0 aliphatic rings. The van der Waals surface area contributed by atoms with Crippen LogP contribution in [0.25, 0.3) is 0 Å². The molecule has 0 bridgehead atoms. The van der Waals surface area contributed by atoms with Crippen LogP contribution >= 0.6 is 0 Å². The lowest BCUT2D eigenvalue weighted by Crippen LogP contribution is -2.23. The van der Waals surface area contributed by atoms with Crippen LogP contribution in [0.5, 0.6) is 0 Å². The van der Waals surface area contributed by atoms with Crippen LogP contribution in [0.15, 0.2) is 18.3 Å². The molecule has 1 rings (SSSR count). The van der Waals surface area contributed by atoms with Crippen LogP contribution in [0.1, 0.15) is 49.2 Å². The van der Waals surface area contributed by atoms with E-state index in [9.17, 15) is 9.59 Å². The molecule has 1 aromatic heterocycles. The van der Waals surface area contributed by atoms with Gasteiger partial charge in [0.15, 0.2) is 0 Å². The summed E-state index contributed by atoms with van der Waals surface area (Å²) in [5.41, 5.74) is 0.955. The summed E-state index contributed by atoms with van der Waals surface area (Å²) in [6, 6.07) is 3.39. The van der Waals surface area contributed by atoms with Crippen molar-refractivity contribution >= 4 is 11.9 Å². The van der Waals surface area contributed by atoms with Crippen LogP contribution in [-0.2, 0) is 4.79 Å². The van der Waals surface area contributed by atoms with Gasteiger partial charge in [-0.2, -0.15) is 0 Å². The normalized spacial score (nSPS) is 12.8. The molecule has 0 saturated carbocycles. The van der Waals surface area contributed by atoms with Gasteiger partial charge in [-0.3, -0.25) is 14.6 Å². The minimum atomic E-state index is -0.850. The molecule has 19 heavy (non-hydrogen) atoms. The maximum absolute atomic E-state index is 11.4. The number of hydrogen-bond acceptors (Lipinski definition) is 3. The van der Waals surface area contributed by atoms with Crippen molar-refractivity contribution in [1.29, 1.82) is 0 Å². The second-order valence-electron chi connectivity index (χ2n) is 5.57. The Morgan fingerprint density at radius 1 is 1.37 bits per heavy atom. The van der Waals surface area contributed by atoms with E-state index in [1.807, 2.05) is 20.8 Å². The van der Waals surface area contributed by atoms with Crippen molar-refractivity contribution in [3.8, 4) is 0 Å². The first-order valence-corrected chi connectivity index (χ1v) is 6.15. The Balaban J connectivity index is 3.04. The van der Waals surface area contributed by atoms with Crippen LogP contribution in [0.2, 0.25) is 0 Å². The zero-order chi connectivity index (χ0) is 14.6. The standard InChI is InChI=1S/C14H20N2O3/c1-14(2,3)10(7-12(17)18)11-6-5-9(8-16-11)13(19)15-4/h5-6,8,10H,7H2,1-4H3,(H,15,19)(H,17,18). The third-order valence-electron chi connectivity index (χ3n) is 3.06. The van der Waals surface area contributed by atoms with Gasteiger partial charge in [0, 0.05) is 24.9 Å². The van der Waals surface area contributed by atoms with Crippen molar-refractivity contribution in [2.75, 3.05) is 7.05 Å². The molecule has 104 valence electrons. The largest absolute Gasteiger partial charge is 0.481 e. The number of carbonyl (C=O) groups is 2. The zero-order valence-corrected chi connectivity index (χ0v) is 11.7. The molecule has 5 heteroatoms. The molecule has 5 nitrogen and oxygen atoms in total. The molecule has 0 spiro atoms. The molecule has 0 saturated heterocycles. The highest BCUT2D eigenvalue weighted by atomic mass is 16.4. The van der Waals surface area contributed by atoms with Gasteiger partial charge in [0.2, 0.25) is 0 Å². The van der Waals surface area contributed by atoms with Gasteiger partial charge < -0.3 is 10.4 Å². The van der Waals surface area contributed by atoms with E-state index in [0.717, 1.165) is 0 Å². The first-order chi connectivity index (χ1) is 8.75. The Labute approximate surface area is 113 Å². The molecule has 0 aliphatic heterocycles. The van der Waals surface area contributed by atoms with Gasteiger partial charge in [-0.1, -0.05) is 20.8 Å². The predicted octanol–water partition coefficient (Wildman–Crippen LogP) is 2.05. The van der Waals surface area contributed by atoms with Gasteiger partial charge in [-0.05, 0) is 17.5 Å². The lowest BCUT2D eigenvalue weighted by atomic mass is 9.76. The number of amides is 1. The monoisotopic (exact) mass is 264 g/mol. The highest BCUT2D eigenvalue weighted by Gasteiger charge is 2.29. The van der Waals surface area contributed by atoms with Crippen LogP contribution in [-0.4, -0.2) is 29.0 Å². The van der Waals surface area contributed by atoms with Crippen molar-refractivity contribution in [1.82, 2.24) is 10.3 Å². The van der Waals surface area contributed by atoms with E-state index in [-0.39, 0.29) is 23.7 Å². The van der Waals surface area contributed by atoms with Gasteiger partial charge in [0.05, 0.1) is 12.0 Å². The van der Waals surface area contributed by atoms with Crippen molar-refractivity contribution < 1.29 is 14.7 Å². The highest BCUT2D eigenvalue weighted by molar-refractivity contribution is 5.93. The quantitative estimate of drug-likeness (QED) is 0.872. The van der Waals surface area contributed by atoms with Crippen molar-refractivity contribution in [3.05, 3.63) is 29.6 Å². The van der Waals surface area contributed by atoms with E-state index in [4.69, 9.17) is 5.11 Å². The van der Waals surface area contributed by atoms with Gasteiger partial charge in [-0.25, -0.2) is 0 Å². The zero-order valence-electron chi connectivity index (χ0n) is 11.7. The summed E-state index contributed by atoms with van der Waals surface area (Å²) >= 11 is 0. The second kappa shape index (κ2) is 5.82. The fourth-order valence-corrected chi connectivity index (χ4v) is 1.92. The minimum absolute atomic E-state index is 0.0236. The molecule has 1 aromatic rings. The molecular weight excluding hydrogens is 244 g/mol. The van der Waals surface area contributed by atoms with Crippen molar-refractivity contribution in [2.24, 2.45) is 5.41 Å². The first-order valence-electron chi connectivity index (χ1n) is 6.15. The number of carboxylic acids is 1. The summed E-state index contributed by atoms with van der Waals surface area (Å²) in [4.78, 5) is 26.6. The van der Waals surface area contributed by atoms with E-state index in [0.29, 0.717) is 11.3 Å². The summed E-state index contributed by atoms with van der Waals surface area (Å²) in [7, 11) is 1.55. The lowest BCUT2D eigenvalue weighted by molar-refractivity contribution is -0.138. The molecule has 1 amide bonds. The number of nitrogens with one attached hydrogen (secondary N) is 1. The van der Waals surface area contributed by atoms with Gasteiger partial charge in [0.25, 0.3) is 5.91 Å². The van der Waals surface area contributed by atoms with Gasteiger partial charge in [-0.15, -0.1) is 0 Å². The Morgan fingerprint density at radius 2 is 2.00 bits per heavy atom. The lowest BCUT2D eigenvalue weighted by Gasteiger charge is -2.29. The molecule has 1 unspecified atom stereocenters. The van der Waals surface area contributed by atoms with Gasteiger partial charge in [0.1, 0.15) is 0 Å². The minimum Gasteiger partial charge on any atom is -0.481 e. The molecule has 2 N–H and O–H groups in total. The maximum atomic E-state index is 11.4. The van der Waals surface area contributed by atoms with Crippen LogP contribution in [0, 0.1) is 5.41 Å². The molecule has 1 heterocycles. The van der Waals surface area contributed by atoms with E-state index in [2.05, 4.69) is 10.3 Å². The molecule has 0 radical (unpaired) electrons. The third-order valence-corrected chi connectivity index (χ3v) is 3.06. The number of rotatable bonds is 4. The van der Waals surface area contributed by atoms with Crippen LogP contribution < -0.4 is 5.32 Å². The molecular formula is C14H20N2O3.